The first-order chi connectivity index (χ1) is 8.59. The molecule has 2 rings (SSSR count). The molecule has 1 atom stereocenters. The Hall–Kier alpha value is -0.780. The van der Waals surface area contributed by atoms with Gasteiger partial charge in [-0.15, -0.1) is 0 Å². The molecule has 2 nitrogen and oxygen atoms in total. The van der Waals surface area contributed by atoms with Crippen LogP contribution in [0.15, 0.2) is 45.5 Å². The summed E-state index contributed by atoms with van der Waals surface area (Å²) >= 11 is 6.52. The van der Waals surface area contributed by atoms with Crippen molar-refractivity contribution in [2.45, 2.75) is 12.5 Å². The highest BCUT2D eigenvalue weighted by molar-refractivity contribution is 9.10. The maximum atomic E-state index is 13.4. The summed E-state index contributed by atoms with van der Waals surface area (Å²) < 4.78 is 14.5. The molecule has 18 heavy (non-hydrogen) atoms. The molecule has 0 radical (unpaired) electrons. The molecule has 0 amide bonds. The molecule has 94 valence electrons. The number of benzene rings is 1. The molecule has 0 saturated heterocycles. The number of aliphatic hydroxyl groups excluding tert-OH is 1. The third-order valence-electron chi connectivity index (χ3n) is 2.55. The number of aliphatic hydroxyl groups is 1. The van der Waals surface area contributed by atoms with E-state index in [1.165, 1.54) is 6.07 Å². The van der Waals surface area contributed by atoms with Crippen LogP contribution in [0.1, 0.15) is 17.4 Å². The topological polar surface area (TPSA) is 33.1 Å². The minimum Gasteiger partial charge on any atom is -0.386 e. The molecule has 0 bridgehead atoms. The number of hydrogen-bond acceptors (Lipinski definition) is 2. The first-order valence-electron chi connectivity index (χ1n) is 5.31. The van der Waals surface area contributed by atoms with E-state index in [-0.39, 0.29) is 5.82 Å². The molecule has 0 aliphatic rings. The summed E-state index contributed by atoms with van der Waals surface area (Å²) in [5.74, 6) is -0.334. The predicted octanol–water partition coefficient (Wildman–Crippen LogP) is 4.02. The summed E-state index contributed by atoms with van der Waals surface area (Å²) in [4.78, 5) is 4.12. The molecule has 5 heteroatoms. The van der Waals surface area contributed by atoms with E-state index in [9.17, 15) is 9.50 Å². The lowest BCUT2D eigenvalue weighted by Gasteiger charge is -2.13. The summed E-state index contributed by atoms with van der Waals surface area (Å²) in [5, 5.41) is 10.1. The van der Waals surface area contributed by atoms with E-state index >= 15 is 0 Å². The summed E-state index contributed by atoms with van der Waals surface area (Å²) in [6.07, 6.45) is 1.14. The van der Waals surface area contributed by atoms with Crippen LogP contribution in [-0.2, 0) is 6.42 Å². The molecule has 1 heterocycles. The van der Waals surface area contributed by atoms with Gasteiger partial charge in [-0.1, -0.05) is 12.1 Å². The minimum absolute atomic E-state index is 0.300. The van der Waals surface area contributed by atoms with Crippen molar-refractivity contribution in [1.82, 2.24) is 4.98 Å². The van der Waals surface area contributed by atoms with Crippen LogP contribution in [0.5, 0.6) is 0 Å². The van der Waals surface area contributed by atoms with Crippen molar-refractivity contribution in [2.75, 3.05) is 0 Å². The second-order valence-corrected chi connectivity index (χ2v) is 5.45. The van der Waals surface area contributed by atoms with Gasteiger partial charge in [-0.3, -0.25) is 4.98 Å². The van der Waals surface area contributed by atoms with Gasteiger partial charge < -0.3 is 5.11 Å². The van der Waals surface area contributed by atoms with E-state index in [1.807, 2.05) is 6.07 Å². The Morgan fingerprint density at radius 1 is 1.22 bits per heavy atom. The number of hydrogen-bond donors (Lipinski definition) is 1. The lowest BCUT2D eigenvalue weighted by atomic mass is 10.1. The molecule has 1 N–H and O–H groups in total. The first kappa shape index (κ1) is 13.6. The van der Waals surface area contributed by atoms with Crippen molar-refractivity contribution in [1.29, 1.82) is 0 Å². The van der Waals surface area contributed by atoms with Crippen LogP contribution in [0, 0.1) is 5.82 Å². The zero-order valence-electron chi connectivity index (χ0n) is 9.28. The third-order valence-corrected chi connectivity index (χ3v) is 4.11. The lowest BCUT2D eigenvalue weighted by molar-refractivity contribution is 0.172. The Morgan fingerprint density at radius 3 is 2.72 bits per heavy atom. The Kier molecular flexibility index (Phi) is 4.48. The predicted molar refractivity (Wildman–Crippen MR) is 74.7 cm³/mol. The number of nitrogens with zero attached hydrogens (tertiary/aromatic N) is 1. The van der Waals surface area contributed by atoms with Crippen LogP contribution in [-0.4, -0.2) is 10.1 Å². The zero-order chi connectivity index (χ0) is 13.1. The quantitative estimate of drug-likeness (QED) is 0.880. The number of aromatic nitrogens is 1. The molecule has 0 saturated carbocycles. The summed E-state index contributed by atoms with van der Waals surface area (Å²) in [5.41, 5.74) is 1.26. The summed E-state index contributed by atoms with van der Waals surface area (Å²) in [6, 6.07) is 8.35. The van der Waals surface area contributed by atoms with E-state index in [0.29, 0.717) is 22.2 Å². The maximum Gasteiger partial charge on any atom is 0.137 e. The van der Waals surface area contributed by atoms with Gasteiger partial charge in [-0.25, -0.2) is 4.39 Å². The van der Waals surface area contributed by atoms with Gasteiger partial charge in [0.05, 0.1) is 10.2 Å². The van der Waals surface area contributed by atoms with Crippen LogP contribution in [0.4, 0.5) is 4.39 Å². The monoisotopic (exact) mass is 373 g/mol. The molecule has 0 aliphatic carbocycles. The molecular formula is C13H10Br2FNO. The van der Waals surface area contributed by atoms with Gasteiger partial charge in [0.2, 0.25) is 0 Å². The molecule has 0 aliphatic heterocycles. The molecule has 1 aromatic heterocycles. The van der Waals surface area contributed by atoms with Crippen LogP contribution < -0.4 is 0 Å². The second-order valence-electron chi connectivity index (χ2n) is 3.80. The Balaban J connectivity index is 2.24. The fraction of sp³-hybridized carbons (Fsp3) is 0.154. The normalized spacial score (nSPS) is 12.4. The van der Waals surface area contributed by atoms with Gasteiger partial charge in [-0.05, 0) is 55.6 Å². The number of rotatable bonds is 3. The van der Waals surface area contributed by atoms with E-state index in [4.69, 9.17) is 0 Å². The van der Waals surface area contributed by atoms with Gasteiger partial charge >= 0.3 is 0 Å². The average molecular weight is 375 g/mol. The minimum atomic E-state index is -0.779. The molecule has 1 aromatic carbocycles. The van der Waals surface area contributed by atoms with Crippen LogP contribution in [0.2, 0.25) is 0 Å². The van der Waals surface area contributed by atoms with Crippen molar-refractivity contribution in [3.63, 3.8) is 0 Å². The molecule has 0 fully saturated rings. The Bertz CT molecular complexity index is 562. The van der Waals surface area contributed by atoms with Gasteiger partial charge in [0.1, 0.15) is 11.9 Å². The van der Waals surface area contributed by atoms with E-state index in [2.05, 4.69) is 36.8 Å². The fourth-order valence-electron chi connectivity index (χ4n) is 1.65. The Labute approximate surface area is 121 Å². The maximum absolute atomic E-state index is 13.4. The van der Waals surface area contributed by atoms with Crippen LogP contribution in [0.25, 0.3) is 0 Å². The van der Waals surface area contributed by atoms with Crippen molar-refractivity contribution in [2.24, 2.45) is 0 Å². The highest BCUT2D eigenvalue weighted by Gasteiger charge is 2.15. The zero-order valence-corrected chi connectivity index (χ0v) is 12.4. The summed E-state index contributed by atoms with van der Waals surface area (Å²) in [7, 11) is 0. The Morgan fingerprint density at radius 2 is 2.00 bits per heavy atom. The average Bonchev–Trinajstić information content (AvgIpc) is 2.35. The lowest BCUT2D eigenvalue weighted by Crippen LogP contribution is -2.06. The third kappa shape index (κ3) is 2.96. The second kappa shape index (κ2) is 5.91. The molecule has 1 unspecified atom stereocenters. The van der Waals surface area contributed by atoms with Crippen LogP contribution >= 0.6 is 31.9 Å². The van der Waals surface area contributed by atoms with Gasteiger partial charge in [0, 0.05) is 17.1 Å². The standard InChI is InChI=1S/C13H10Br2FNO/c14-9-4-2-6-17-13(9)11(18)7-8-3-1-5-10(16)12(8)15/h1-6,11,18H,7H2. The highest BCUT2D eigenvalue weighted by atomic mass is 79.9. The smallest absolute Gasteiger partial charge is 0.137 e. The van der Waals surface area contributed by atoms with Crippen molar-refractivity contribution in [3.05, 3.63) is 62.5 Å². The van der Waals surface area contributed by atoms with Crippen LogP contribution in [0.3, 0.4) is 0 Å². The van der Waals surface area contributed by atoms with Crippen molar-refractivity contribution >= 4 is 31.9 Å². The van der Waals surface area contributed by atoms with Gasteiger partial charge in [0.15, 0.2) is 0 Å². The molecular weight excluding hydrogens is 365 g/mol. The van der Waals surface area contributed by atoms with E-state index in [0.717, 1.165) is 4.47 Å². The summed E-state index contributed by atoms with van der Waals surface area (Å²) in [6.45, 7) is 0. The highest BCUT2D eigenvalue weighted by Crippen LogP contribution is 2.28. The van der Waals surface area contributed by atoms with Crippen molar-refractivity contribution < 1.29 is 9.50 Å². The SMILES string of the molecule is OC(Cc1cccc(F)c1Br)c1ncccc1Br. The number of pyridine rings is 1. The fourth-order valence-corrected chi connectivity index (χ4v) is 2.60. The van der Waals surface area contributed by atoms with E-state index in [1.54, 1.807) is 24.4 Å². The first-order valence-corrected chi connectivity index (χ1v) is 6.89. The van der Waals surface area contributed by atoms with Gasteiger partial charge in [-0.2, -0.15) is 0 Å². The van der Waals surface area contributed by atoms with E-state index < -0.39 is 6.10 Å². The number of halogens is 3. The van der Waals surface area contributed by atoms with Gasteiger partial charge in [0.25, 0.3) is 0 Å². The van der Waals surface area contributed by atoms with Crippen molar-refractivity contribution in [3.8, 4) is 0 Å². The largest absolute Gasteiger partial charge is 0.386 e. The molecule has 2 aromatic rings. The molecule has 0 spiro atoms.